The third kappa shape index (κ3) is 2.77. The summed E-state index contributed by atoms with van der Waals surface area (Å²) < 4.78 is 38.2. The molecule has 1 aromatic heterocycles. The fraction of sp³-hybridized carbons (Fsp3) is 0.385. The number of para-hydroxylation sites is 1. The first kappa shape index (κ1) is 13.6. The first-order chi connectivity index (χ1) is 8.79. The lowest BCUT2D eigenvalue weighted by Gasteiger charge is -2.15. The van der Waals surface area contributed by atoms with Crippen molar-refractivity contribution in [2.24, 2.45) is 0 Å². The molecule has 102 valence electrons. The predicted molar refractivity (Wildman–Crippen MR) is 66.1 cm³/mol. The first-order valence-electron chi connectivity index (χ1n) is 5.86. The molecule has 0 aliphatic heterocycles. The van der Waals surface area contributed by atoms with Crippen LogP contribution in [0.15, 0.2) is 29.1 Å². The van der Waals surface area contributed by atoms with Crippen molar-refractivity contribution in [3.8, 4) is 0 Å². The standard InChI is InChI=1S/C13H13F3N2O/c1-8(2)11-9-5-3-4-6-10(9)18(12(19)17-11)7-13(14,15)16/h3-6,8H,7H2,1-2H3. The molecule has 0 bridgehead atoms. The van der Waals surface area contributed by atoms with Crippen molar-refractivity contribution < 1.29 is 13.2 Å². The van der Waals surface area contributed by atoms with Gasteiger partial charge in [-0.25, -0.2) is 4.79 Å². The predicted octanol–water partition coefficient (Wildman–Crippen LogP) is 3.08. The molecule has 0 atom stereocenters. The minimum atomic E-state index is -4.45. The van der Waals surface area contributed by atoms with Gasteiger partial charge in [0.25, 0.3) is 0 Å². The van der Waals surface area contributed by atoms with Crippen LogP contribution in [-0.2, 0) is 6.54 Å². The van der Waals surface area contributed by atoms with E-state index < -0.39 is 18.4 Å². The molecule has 6 heteroatoms. The van der Waals surface area contributed by atoms with Gasteiger partial charge in [-0.1, -0.05) is 32.0 Å². The van der Waals surface area contributed by atoms with E-state index in [4.69, 9.17) is 0 Å². The molecule has 19 heavy (non-hydrogen) atoms. The molecule has 0 radical (unpaired) electrons. The molecule has 1 aromatic carbocycles. The van der Waals surface area contributed by atoms with Crippen LogP contribution >= 0.6 is 0 Å². The molecule has 0 unspecified atom stereocenters. The van der Waals surface area contributed by atoms with Gasteiger partial charge in [-0.15, -0.1) is 0 Å². The number of alkyl halides is 3. The topological polar surface area (TPSA) is 34.9 Å². The zero-order valence-corrected chi connectivity index (χ0v) is 10.5. The van der Waals surface area contributed by atoms with E-state index in [1.807, 2.05) is 13.8 Å². The smallest absolute Gasteiger partial charge is 0.283 e. The number of halogens is 3. The lowest BCUT2D eigenvalue weighted by atomic mass is 10.0. The summed E-state index contributed by atoms with van der Waals surface area (Å²) in [6, 6.07) is 6.52. The van der Waals surface area contributed by atoms with Gasteiger partial charge in [0, 0.05) is 5.39 Å². The van der Waals surface area contributed by atoms with Crippen LogP contribution in [0.3, 0.4) is 0 Å². The Morgan fingerprint density at radius 1 is 1.26 bits per heavy atom. The summed E-state index contributed by atoms with van der Waals surface area (Å²) in [5.41, 5.74) is -0.0673. The Bertz CT molecular complexity index is 659. The van der Waals surface area contributed by atoms with Crippen LogP contribution in [0.1, 0.15) is 25.5 Å². The van der Waals surface area contributed by atoms with Gasteiger partial charge in [-0.3, -0.25) is 4.57 Å². The summed E-state index contributed by atoms with van der Waals surface area (Å²) in [7, 11) is 0. The molecule has 1 heterocycles. The molecule has 0 amide bonds. The molecule has 0 saturated carbocycles. The second-order valence-corrected chi connectivity index (χ2v) is 4.65. The summed E-state index contributed by atoms with van der Waals surface area (Å²) in [5, 5.41) is 0.585. The second kappa shape index (κ2) is 4.68. The van der Waals surface area contributed by atoms with Crippen LogP contribution < -0.4 is 5.69 Å². The summed E-state index contributed by atoms with van der Waals surface area (Å²) in [6.07, 6.45) is -4.45. The van der Waals surface area contributed by atoms with Crippen LogP contribution in [-0.4, -0.2) is 15.7 Å². The Hall–Kier alpha value is -1.85. The van der Waals surface area contributed by atoms with Gasteiger partial charge in [0.1, 0.15) is 6.54 Å². The van der Waals surface area contributed by atoms with Gasteiger partial charge in [-0.2, -0.15) is 18.2 Å². The van der Waals surface area contributed by atoms with E-state index in [1.54, 1.807) is 18.2 Å². The Morgan fingerprint density at radius 3 is 2.47 bits per heavy atom. The van der Waals surface area contributed by atoms with Crippen LogP contribution in [0.2, 0.25) is 0 Å². The van der Waals surface area contributed by atoms with E-state index in [1.165, 1.54) is 6.07 Å². The maximum Gasteiger partial charge on any atom is 0.406 e. The third-order valence-electron chi connectivity index (χ3n) is 2.80. The van der Waals surface area contributed by atoms with Crippen molar-refractivity contribution in [1.29, 1.82) is 0 Å². The summed E-state index contributed by atoms with van der Waals surface area (Å²) in [5.74, 6) is -0.0295. The lowest BCUT2D eigenvalue weighted by molar-refractivity contribution is -0.140. The molecule has 0 aliphatic rings. The molecule has 0 spiro atoms. The average molecular weight is 270 g/mol. The highest BCUT2D eigenvalue weighted by atomic mass is 19.4. The van der Waals surface area contributed by atoms with Gasteiger partial charge in [0.2, 0.25) is 0 Å². The SMILES string of the molecule is CC(C)c1nc(=O)n(CC(F)(F)F)c2ccccc12. The quantitative estimate of drug-likeness (QED) is 0.840. The molecule has 0 N–H and O–H groups in total. The van der Waals surface area contributed by atoms with Gasteiger partial charge < -0.3 is 0 Å². The van der Waals surface area contributed by atoms with Gasteiger partial charge in [0.05, 0.1) is 11.2 Å². The summed E-state index contributed by atoms with van der Waals surface area (Å²) >= 11 is 0. The molecule has 0 fully saturated rings. The molecule has 2 rings (SSSR count). The maximum atomic E-state index is 12.5. The first-order valence-corrected chi connectivity index (χ1v) is 5.86. The Kier molecular flexibility index (Phi) is 3.34. The number of fused-ring (bicyclic) bond motifs is 1. The zero-order valence-electron chi connectivity index (χ0n) is 10.5. The van der Waals surface area contributed by atoms with Crippen molar-refractivity contribution in [3.05, 3.63) is 40.4 Å². The highest BCUT2D eigenvalue weighted by Crippen LogP contribution is 2.24. The fourth-order valence-corrected chi connectivity index (χ4v) is 2.02. The van der Waals surface area contributed by atoms with Crippen LogP contribution in [0, 0.1) is 0 Å². The summed E-state index contributed by atoms with van der Waals surface area (Å²) in [6.45, 7) is 2.38. The number of hydrogen-bond donors (Lipinski definition) is 0. The van der Waals surface area contributed by atoms with E-state index in [-0.39, 0.29) is 11.4 Å². The van der Waals surface area contributed by atoms with Gasteiger partial charge in [0.15, 0.2) is 0 Å². The number of nitrogens with zero attached hydrogens (tertiary/aromatic N) is 2. The van der Waals surface area contributed by atoms with Gasteiger partial charge >= 0.3 is 11.9 Å². The molecule has 0 saturated heterocycles. The molecule has 0 aliphatic carbocycles. The molecular formula is C13H13F3N2O. The highest BCUT2D eigenvalue weighted by Gasteiger charge is 2.29. The normalized spacial score (nSPS) is 12.3. The minimum absolute atomic E-state index is 0.0295. The fourth-order valence-electron chi connectivity index (χ4n) is 2.02. The molecule has 2 aromatic rings. The van der Waals surface area contributed by atoms with Gasteiger partial charge in [-0.05, 0) is 12.0 Å². The van der Waals surface area contributed by atoms with Crippen molar-refractivity contribution >= 4 is 10.9 Å². The number of aromatic nitrogens is 2. The number of benzene rings is 1. The van der Waals surface area contributed by atoms with Crippen molar-refractivity contribution in [3.63, 3.8) is 0 Å². The highest BCUT2D eigenvalue weighted by molar-refractivity contribution is 5.81. The molecule has 3 nitrogen and oxygen atoms in total. The number of hydrogen-bond acceptors (Lipinski definition) is 2. The lowest BCUT2D eigenvalue weighted by Crippen LogP contribution is -2.31. The van der Waals surface area contributed by atoms with E-state index in [9.17, 15) is 18.0 Å². The van der Waals surface area contributed by atoms with E-state index >= 15 is 0 Å². The molecular weight excluding hydrogens is 257 g/mol. The van der Waals surface area contributed by atoms with E-state index in [2.05, 4.69) is 4.98 Å². The summed E-state index contributed by atoms with van der Waals surface area (Å²) in [4.78, 5) is 15.6. The second-order valence-electron chi connectivity index (χ2n) is 4.65. The van der Waals surface area contributed by atoms with Crippen molar-refractivity contribution in [2.75, 3.05) is 0 Å². The van der Waals surface area contributed by atoms with E-state index in [0.717, 1.165) is 0 Å². The Morgan fingerprint density at radius 2 is 1.89 bits per heavy atom. The van der Waals surface area contributed by atoms with Crippen LogP contribution in [0.25, 0.3) is 10.9 Å². The minimum Gasteiger partial charge on any atom is -0.283 e. The Balaban J connectivity index is 2.76. The van der Waals surface area contributed by atoms with Crippen molar-refractivity contribution in [1.82, 2.24) is 9.55 Å². The number of rotatable bonds is 2. The zero-order chi connectivity index (χ0) is 14.2. The average Bonchev–Trinajstić information content (AvgIpc) is 2.31. The monoisotopic (exact) mass is 270 g/mol. The largest absolute Gasteiger partial charge is 0.406 e. The Labute approximate surface area is 107 Å². The van der Waals surface area contributed by atoms with E-state index in [0.29, 0.717) is 15.6 Å². The van der Waals surface area contributed by atoms with Crippen molar-refractivity contribution in [2.45, 2.75) is 32.5 Å². The third-order valence-corrected chi connectivity index (χ3v) is 2.80. The maximum absolute atomic E-state index is 12.5. The van der Waals surface area contributed by atoms with Crippen LogP contribution in [0.5, 0.6) is 0 Å². The van der Waals surface area contributed by atoms with Crippen LogP contribution in [0.4, 0.5) is 13.2 Å².